The average Bonchev–Trinajstić information content (AvgIpc) is 3.35. The minimum atomic E-state index is -3.68. The Labute approximate surface area is 213 Å². The van der Waals surface area contributed by atoms with Crippen molar-refractivity contribution in [3.05, 3.63) is 59.7 Å². The molecule has 36 heavy (non-hydrogen) atoms. The van der Waals surface area contributed by atoms with Crippen LogP contribution in [0.2, 0.25) is 0 Å². The topological polar surface area (TPSA) is 140 Å². The van der Waals surface area contributed by atoms with Crippen LogP contribution in [0, 0.1) is 11.3 Å². The first-order valence-electron chi connectivity index (χ1n) is 10.7. The molecule has 0 aliphatic heterocycles. The second-order valence-electron chi connectivity index (χ2n) is 7.52. The van der Waals surface area contributed by atoms with Gasteiger partial charge in [0.15, 0.2) is 11.5 Å². The molecule has 3 aromatic rings. The first-order chi connectivity index (χ1) is 17.2. The number of methoxy groups -OCH3 is 1. The van der Waals surface area contributed by atoms with Gasteiger partial charge >= 0.3 is 0 Å². The maximum atomic E-state index is 12.6. The van der Waals surface area contributed by atoms with Crippen molar-refractivity contribution in [1.82, 2.24) is 9.36 Å². The third-order valence-corrected chi connectivity index (χ3v) is 7.40. The van der Waals surface area contributed by atoms with Gasteiger partial charge in [-0.05, 0) is 49.8 Å². The van der Waals surface area contributed by atoms with Crippen LogP contribution in [0.25, 0.3) is 6.08 Å². The highest BCUT2D eigenvalue weighted by Crippen LogP contribution is 2.29. The second-order valence-corrected chi connectivity index (χ2v) is 10.7. The van der Waals surface area contributed by atoms with Crippen molar-refractivity contribution in [3.63, 3.8) is 0 Å². The molecule has 0 atom stereocenters. The Kier molecular flexibility index (Phi) is 8.99. The predicted octanol–water partition coefficient (Wildman–Crippen LogP) is 3.73. The molecule has 0 aliphatic carbocycles. The summed E-state index contributed by atoms with van der Waals surface area (Å²) in [6, 6.07) is 16.1. The second kappa shape index (κ2) is 12.1. The monoisotopic (exact) mass is 528 g/mol. The standard InChI is InChI=1S/C24H24N4O6S2/c1-16(2)36(30,31)24-27-23(35-28-24)26-22(29)18(15-25)13-17-9-10-20(21(14-17)32-3)34-12-11-33-19-7-5-4-6-8-19/h4-10,13-14,16H,11-12H2,1-3H3,(H,26,27,28,29). The van der Waals surface area contributed by atoms with E-state index in [9.17, 15) is 18.5 Å². The van der Waals surface area contributed by atoms with E-state index in [1.54, 1.807) is 18.2 Å². The lowest BCUT2D eigenvalue weighted by atomic mass is 10.1. The van der Waals surface area contributed by atoms with Crippen LogP contribution in [0.1, 0.15) is 19.4 Å². The number of nitrogens with one attached hydrogen (secondary N) is 1. The Hall–Kier alpha value is -3.95. The lowest BCUT2D eigenvalue weighted by molar-refractivity contribution is -0.112. The van der Waals surface area contributed by atoms with Crippen LogP contribution in [0.5, 0.6) is 17.2 Å². The smallest absolute Gasteiger partial charge is 0.268 e. The van der Waals surface area contributed by atoms with E-state index < -0.39 is 21.0 Å². The molecule has 1 amide bonds. The van der Waals surface area contributed by atoms with E-state index in [4.69, 9.17) is 14.2 Å². The molecule has 0 saturated heterocycles. The summed E-state index contributed by atoms with van der Waals surface area (Å²) >= 11 is 0.717. The number of amides is 1. The normalized spacial score (nSPS) is 11.6. The molecule has 0 unspecified atom stereocenters. The molecule has 10 nitrogen and oxygen atoms in total. The van der Waals surface area contributed by atoms with Crippen LogP contribution < -0.4 is 19.5 Å². The van der Waals surface area contributed by atoms with E-state index in [-0.39, 0.29) is 22.5 Å². The van der Waals surface area contributed by atoms with Gasteiger partial charge < -0.3 is 14.2 Å². The third kappa shape index (κ3) is 6.80. The van der Waals surface area contributed by atoms with Gasteiger partial charge in [0.05, 0.1) is 12.4 Å². The van der Waals surface area contributed by atoms with Gasteiger partial charge in [-0.15, -0.1) is 0 Å². The van der Waals surface area contributed by atoms with Crippen molar-refractivity contribution >= 4 is 38.5 Å². The first-order valence-corrected chi connectivity index (χ1v) is 13.1. The van der Waals surface area contributed by atoms with Gasteiger partial charge in [0.1, 0.15) is 30.6 Å². The number of anilines is 1. The molecule has 188 valence electrons. The summed E-state index contributed by atoms with van der Waals surface area (Å²) in [5, 5.41) is 10.8. The number of carbonyl (C=O) groups excluding carboxylic acids is 1. The number of nitriles is 1. The number of hydrogen-bond acceptors (Lipinski definition) is 10. The van der Waals surface area contributed by atoms with E-state index in [1.165, 1.54) is 27.0 Å². The predicted molar refractivity (Wildman–Crippen MR) is 135 cm³/mol. The molecule has 1 heterocycles. The van der Waals surface area contributed by atoms with Crippen LogP contribution >= 0.6 is 11.5 Å². The average molecular weight is 529 g/mol. The highest BCUT2D eigenvalue weighted by atomic mass is 32.2. The van der Waals surface area contributed by atoms with Crippen LogP contribution in [-0.2, 0) is 14.6 Å². The number of para-hydroxylation sites is 1. The van der Waals surface area contributed by atoms with Gasteiger partial charge in [-0.3, -0.25) is 10.1 Å². The van der Waals surface area contributed by atoms with E-state index >= 15 is 0 Å². The lowest BCUT2D eigenvalue weighted by Gasteiger charge is -2.12. The molecule has 0 radical (unpaired) electrons. The fourth-order valence-electron chi connectivity index (χ4n) is 2.79. The number of sulfone groups is 1. The van der Waals surface area contributed by atoms with Crippen molar-refractivity contribution in [1.29, 1.82) is 5.26 Å². The largest absolute Gasteiger partial charge is 0.493 e. The SMILES string of the molecule is COc1cc(C=C(C#N)C(=O)Nc2nc(S(=O)(=O)C(C)C)ns2)ccc1OCCOc1ccccc1. The molecule has 1 N–H and O–H groups in total. The van der Waals surface area contributed by atoms with Gasteiger partial charge in [0.2, 0.25) is 15.0 Å². The van der Waals surface area contributed by atoms with Crippen LogP contribution in [0.15, 0.2) is 59.3 Å². The zero-order valence-electron chi connectivity index (χ0n) is 19.8. The third-order valence-electron chi connectivity index (χ3n) is 4.72. The number of aromatic nitrogens is 2. The lowest BCUT2D eigenvalue weighted by Crippen LogP contribution is -2.16. The fraction of sp³-hybridized carbons (Fsp3) is 0.250. The molecular formula is C24H24N4O6S2. The highest BCUT2D eigenvalue weighted by Gasteiger charge is 2.25. The van der Waals surface area contributed by atoms with Crippen LogP contribution in [0.4, 0.5) is 5.13 Å². The fourth-order valence-corrected chi connectivity index (χ4v) is 4.48. The molecule has 3 rings (SSSR count). The number of nitrogens with zero attached hydrogens (tertiary/aromatic N) is 3. The van der Waals surface area contributed by atoms with Crippen LogP contribution in [-0.4, -0.2) is 49.3 Å². The molecule has 0 spiro atoms. The Morgan fingerprint density at radius 3 is 2.53 bits per heavy atom. The maximum Gasteiger partial charge on any atom is 0.268 e. The van der Waals surface area contributed by atoms with E-state index in [1.807, 2.05) is 36.4 Å². The Morgan fingerprint density at radius 1 is 1.14 bits per heavy atom. The number of rotatable bonds is 11. The maximum absolute atomic E-state index is 12.6. The Morgan fingerprint density at radius 2 is 1.86 bits per heavy atom. The van der Waals surface area contributed by atoms with Gasteiger partial charge in [-0.25, -0.2) is 8.42 Å². The summed E-state index contributed by atoms with van der Waals surface area (Å²) in [5.74, 6) is 0.873. The van der Waals surface area contributed by atoms with Gasteiger partial charge in [0.25, 0.3) is 11.1 Å². The molecule has 1 aromatic heterocycles. The van der Waals surface area contributed by atoms with Crippen molar-refractivity contribution in [2.75, 3.05) is 25.6 Å². The van der Waals surface area contributed by atoms with Crippen molar-refractivity contribution < 1.29 is 27.4 Å². The first kappa shape index (κ1) is 26.7. The highest BCUT2D eigenvalue weighted by molar-refractivity contribution is 7.91. The van der Waals surface area contributed by atoms with Gasteiger partial charge in [-0.1, -0.05) is 24.3 Å². The summed E-state index contributed by atoms with van der Waals surface area (Å²) in [5.41, 5.74) is 0.303. The number of ether oxygens (including phenoxy) is 3. The molecular weight excluding hydrogens is 504 g/mol. The molecule has 0 saturated carbocycles. The Balaban J connectivity index is 1.66. The summed E-state index contributed by atoms with van der Waals surface area (Å²) in [4.78, 5) is 16.4. The molecule has 12 heteroatoms. The summed E-state index contributed by atoms with van der Waals surface area (Å²) in [6.07, 6.45) is 1.37. The van der Waals surface area contributed by atoms with Crippen molar-refractivity contribution in [3.8, 4) is 23.3 Å². The van der Waals surface area contributed by atoms with Gasteiger partial charge in [-0.2, -0.15) is 14.6 Å². The molecule has 0 fully saturated rings. The molecule has 0 aliphatic rings. The van der Waals surface area contributed by atoms with Gasteiger partial charge in [0, 0.05) is 11.5 Å². The van der Waals surface area contributed by atoms with E-state index in [2.05, 4.69) is 14.7 Å². The zero-order chi connectivity index (χ0) is 26.1. The zero-order valence-corrected chi connectivity index (χ0v) is 21.4. The number of hydrogen-bond donors (Lipinski definition) is 1. The van der Waals surface area contributed by atoms with Crippen LogP contribution in [0.3, 0.4) is 0 Å². The van der Waals surface area contributed by atoms with Crippen molar-refractivity contribution in [2.45, 2.75) is 24.3 Å². The quantitative estimate of drug-likeness (QED) is 0.224. The Bertz CT molecular complexity index is 1380. The minimum absolute atomic E-state index is 0.0283. The summed E-state index contributed by atoms with van der Waals surface area (Å²) in [6.45, 7) is 3.63. The summed E-state index contributed by atoms with van der Waals surface area (Å²) < 4.78 is 44.9. The van der Waals surface area contributed by atoms with Crippen molar-refractivity contribution in [2.24, 2.45) is 0 Å². The molecule has 0 bridgehead atoms. The molecule has 2 aromatic carbocycles. The summed E-state index contributed by atoms with van der Waals surface area (Å²) in [7, 11) is -2.20. The minimum Gasteiger partial charge on any atom is -0.493 e. The van der Waals surface area contributed by atoms with E-state index in [0.717, 1.165) is 5.75 Å². The van der Waals surface area contributed by atoms with E-state index in [0.29, 0.717) is 35.2 Å². The number of benzene rings is 2. The number of carbonyl (C=O) groups is 1.